The Kier molecular flexibility index (Phi) is 5.12. The molecule has 18 heavy (non-hydrogen) atoms. The third-order valence-electron chi connectivity index (χ3n) is 5.47. The van der Waals surface area contributed by atoms with Crippen LogP contribution in [0.5, 0.6) is 0 Å². The fourth-order valence-corrected chi connectivity index (χ4v) is 4.21. The fourth-order valence-electron chi connectivity index (χ4n) is 4.06. The third kappa shape index (κ3) is 3.50. The molecule has 2 heteroatoms. The highest BCUT2D eigenvalue weighted by atomic mass is 35.5. The molecule has 0 saturated heterocycles. The zero-order valence-electron chi connectivity index (χ0n) is 11.7. The first kappa shape index (κ1) is 14.4. The maximum Gasteiger partial charge on any atom is 0.224 e. The highest BCUT2D eigenvalue weighted by Crippen LogP contribution is 2.52. The van der Waals surface area contributed by atoms with Crippen molar-refractivity contribution in [3.8, 4) is 0 Å². The van der Waals surface area contributed by atoms with Crippen LogP contribution in [0.1, 0.15) is 77.6 Å². The molecule has 0 bridgehead atoms. The topological polar surface area (TPSA) is 17.1 Å². The minimum atomic E-state index is -0.105. The van der Waals surface area contributed by atoms with E-state index >= 15 is 0 Å². The van der Waals surface area contributed by atoms with Crippen molar-refractivity contribution in [3.05, 3.63) is 0 Å². The predicted molar refractivity (Wildman–Crippen MR) is 76.7 cm³/mol. The molecule has 104 valence electrons. The van der Waals surface area contributed by atoms with Gasteiger partial charge in [-0.05, 0) is 42.2 Å². The largest absolute Gasteiger partial charge is 0.281 e. The van der Waals surface area contributed by atoms with E-state index in [-0.39, 0.29) is 11.2 Å². The minimum Gasteiger partial charge on any atom is -0.281 e. The number of hydrogen-bond donors (Lipinski definition) is 0. The second kappa shape index (κ2) is 6.41. The molecule has 0 unspecified atom stereocenters. The van der Waals surface area contributed by atoms with Gasteiger partial charge in [0.2, 0.25) is 5.24 Å². The molecule has 1 nitrogen and oxygen atoms in total. The average Bonchev–Trinajstić information content (AvgIpc) is 2.33. The maximum absolute atomic E-state index is 11.1. The summed E-state index contributed by atoms with van der Waals surface area (Å²) in [7, 11) is 0. The van der Waals surface area contributed by atoms with Crippen LogP contribution < -0.4 is 0 Å². The van der Waals surface area contributed by atoms with Crippen molar-refractivity contribution in [2.45, 2.75) is 77.6 Å². The average molecular weight is 271 g/mol. The highest BCUT2D eigenvalue weighted by molar-refractivity contribution is 6.64. The summed E-state index contributed by atoms with van der Waals surface area (Å²) in [4.78, 5) is 11.1. The van der Waals surface area contributed by atoms with Gasteiger partial charge in [0, 0.05) is 5.92 Å². The Hall–Kier alpha value is -0.0400. The quantitative estimate of drug-likeness (QED) is 0.598. The molecule has 2 aliphatic rings. The van der Waals surface area contributed by atoms with Crippen molar-refractivity contribution in [1.82, 2.24) is 0 Å². The van der Waals surface area contributed by atoms with Crippen LogP contribution in [0.3, 0.4) is 0 Å². The van der Waals surface area contributed by atoms with E-state index in [0.29, 0.717) is 5.41 Å². The van der Waals surface area contributed by atoms with E-state index in [1.54, 1.807) is 0 Å². The molecule has 0 spiro atoms. The lowest BCUT2D eigenvalue weighted by Gasteiger charge is -2.46. The van der Waals surface area contributed by atoms with Crippen molar-refractivity contribution in [2.24, 2.45) is 17.3 Å². The normalized spacial score (nSPS) is 33.1. The molecule has 2 fully saturated rings. The molecule has 0 amide bonds. The van der Waals surface area contributed by atoms with Crippen LogP contribution in [-0.2, 0) is 4.79 Å². The first-order valence-electron chi connectivity index (χ1n) is 7.84. The zero-order valence-corrected chi connectivity index (χ0v) is 12.5. The zero-order chi connectivity index (χ0) is 13.0. The number of rotatable bonds is 6. The van der Waals surface area contributed by atoms with E-state index in [9.17, 15) is 4.79 Å². The molecule has 0 radical (unpaired) electrons. The fraction of sp³-hybridized carbons (Fsp3) is 0.938. The number of halogens is 1. The van der Waals surface area contributed by atoms with Gasteiger partial charge in [-0.3, -0.25) is 4.79 Å². The van der Waals surface area contributed by atoms with Crippen LogP contribution in [0.2, 0.25) is 0 Å². The summed E-state index contributed by atoms with van der Waals surface area (Å²) in [5.41, 5.74) is 0.462. The molecule has 0 N–H and O–H groups in total. The Bertz CT molecular complexity index is 275. The first-order chi connectivity index (χ1) is 8.65. The van der Waals surface area contributed by atoms with Crippen LogP contribution in [-0.4, -0.2) is 5.24 Å². The van der Waals surface area contributed by atoms with Gasteiger partial charge in [-0.15, -0.1) is 0 Å². The summed E-state index contributed by atoms with van der Waals surface area (Å²) in [5.74, 6) is 1.17. The van der Waals surface area contributed by atoms with E-state index < -0.39 is 0 Å². The van der Waals surface area contributed by atoms with E-state index in [2.05, 4.69) is 6.92 Å². The Morgan fingerprint density at radius 2 is 1.89 bits per heavy atom. The van der Waals surface area contributed by atoms with Gasteiger partial charge < -0.3 is 0 Å². The molecule has 2 saturated carbocycles. The van der Waals surface area contributed by atoms with Crippen molar-refractivity contribution < 1.29 is 4.79 Å². The Morgan fingerprint density at radius 1 is 1.22 bits per heavy atom. The SMILES string of the molecule is CCC1(CCCC2CCCCC2)CC(C(=O)Cl)C1. The number of carbonyl (C=O) groups excluding carboxylic acids is 1. The lowest BCUT2D eigenvalue weighted by atomic mass is 9.58. The number of hydrogen-bond acceptors (Lipinski definition) is 1. The van der Waals surface area contributed by atoms with Crippen LogP contribution in [0, 0.1) is 17.3 Å². The number of carbonyl (C=O) groups is 1. The van der Waals surface area contributed by atoms with E-state index in [1.807, 2.05) is 0 Å². The molecule has 0 aromatic rings. The Morgan fingerprint density at radius 3 is 2.44 bits per heavy atom. The molecule has 2 aliphatic carbocycles. The minimum absolute atomic E-state index is 0.105. The van der Waals surface area contributed by atoms with Crippen molar-refractivity contribution >= 4 is 16.8 Å². The van der Waals surface area contributed by atoms with Gasteiger partial charge >= 0.3 is 0 Å². The first-order valence-corrected chi connectivity index (χ1v) is 8.22. The molecular formula is C16H27ClO. The third-order valence-corrected chi connectivity index (χ3v) is 5.78. The molecule has 2 rings (SSSR count). The molecule has 0 aromatic heterocycles. The smallest absolute Gasteiger partial charge is 0.224 e. The van der Waals surface area contributed by atoms with Crippen LogP contribution >= 0.6 is 11.6 Å². The maximum atomic E-state index is 11.1. The van der Waals surface area contributed by atoms with Gasteiger partial charge in [-0.2, -0.15) is 0 Å². The van der Waals surface area contributed by atoms with Crippen molar-refractivity contribution in [1.29, 1.82) is 0 Å². The summed E-state index contributed by atoms with van der Waals surface area (Å²) >= 11 is 5.58. The monoisotopic (exact) mass is 270 g/mol. The van der Waals surface area contributed by atoms with Gasteiger partial charge in [0.05, 0.1) is 0 Å². The molecule has 0 aromatic carbocycles. The van der Waals surface area contributed by atoms with Crippen molar-refractivity contribution in [3.63, 3.8) is 0 Å². The summed E-state index contributed by atoms with van der Waals surface area (Å²) in [5, 5.41) is -0.105. The molecular weight excluding hydrogens is 244 g/mol. The Labute approximate surface area is 117 Å². The summed E-state index contributed by atoms with van der Waals surface area (Å²) in [6.45, 7) is 2.27. The van der Waals surface area contributed by atoms with Crippen LogP contribution in [0.15, 0.2) is 0 Å². The second-order valence-electron chi connectivity index (χ2n) is 6.66. The van der Waals surface area contributed by atoms with Crippen LogP contribution in [0.25, 0.3) is 0 Å². The molecule has 0 atom stereocenters. The van der Waals surface area contributed by atoms with E-state index in [0.717, 1.165) is 18.8 Å². The molecule has 0 heterocycles. The lowest BCUT2D eigenvalue weighted by Crippen LogP contribution is -2.39. The predicted octanol–water partition coefficient (Wildman–Crippen LogP) is 5.31. The summed E-state index contributed by atoms with van der Waals surface area (Å²) < 4.78 is 0. The van der Waals surface area contributed by atoms with Crippen molar-refractivity contribution in [2.75, 3.05) is 0 Å². The lowest BCUT2D eigenvalue weighted by molar-refractivity contribution is -0.122. The van der Waals surface area contributed by atoms with Gasteiger partial charge in [-0.1, -0.05) is 58.3 Å². The second-order valence-corrected chi connectivity index (χ2v) is 7.03. The van der Waals surface area contributed by atoms with Gasteiger partial charge in [-0.25, -0.2) is 0 Å². The molecule has 0 aliphatic heterocycles. The van der Waals surface area contributed by atoms with Gasteiger partial charge in [0.1, 0.15) is 0 Å². The summed E-state index contributed by atoms with van der Waals surface area (Å²) in [6.07, 6.45) is 14.7. The standard InChI is InChI=1S/C16H27ClO/c1-2-16(11-14(12-16)15(17)18)10-6-9-13-7-4-3-5-8-13/h13-14H,2-12H2,1H3. The Balaban J connectivity index is 1.67. The summed E-state index contributed by atoms with van der Waals surface area (Å²) in [6, 6.07) is 0. The van der Waals surface area contributed by atoms with E-state index in [1.165, 1.54) is 57.8 Å². The van der Waals surface area contributed by atoms with E-state index in [4.69, 9.17) is 11.6 Å². The highest BCUT2D eigenvalue weighted by Gasteiger charge is 2.44. The van der Waals surface area contributed by atoms with Gasteiger partial charge in [0.15, 0.2) is 0 Å². The van der Waals surface area contributed by atoms with Crippen LogP contribution in [0.4, 0.5) is 0 Å². The van der Waals surface area contributed by atoms with Gasteiger partial charge in [0.25, 0.3) is 0 Å².